The third-order valence-electron chi connectivity index (χ3n) is 3.09. The molecule has 2 rings (SSSR count). The van der Waals surface area contributed by atoms with E-state index in [9.17, 15) is 4.79 Å². The van der Waals surface area contributed by atoms with Crippen LogP contribution in [0.2, 0.25) is 0 Å². The van der Waals surface area contributed by atoms with Crippen LogP contribution in [0.1, 0.15) is 27.2 Å². The van der Waals surface area contributed by atoms with Crippen molar-refractivity contribution in [2.45, 2.75) is 38.8 Å². The normalized spacial score (nSPS) is 33.9. The van der Waals surface area contributed by atoms with Gasteiger partial charge in [0.15, 0.2) is 0 Å². The average molecular weight is 276 g/mol. The maximum atomic E-state index is 11.9. The predicted octanol–water partition coefficient (Wildman–Crippen LogP) is 2.64. The molecule has 0 bridgehead atoms. The van der Waals surface area contributed by atoms with Gasteiger partial charge in [-0.1, -0.05) is 15.9 Å². The number of rotatable bonds is 1. The van der Waals surface area contributed by atoms with E-state index in [2.05, 4.69) is 15.9 Å². The molecule has 15 heavy (non-hydrogen) atoms. The summed E-state index contributed by atoms with van der Waals surface area (Å²) < 4.78 is 5.39. The fourth-order valence-corrected chi connectivity index (χ4v) is 3.13. The first-order valence-electron chi connectivity index (χ1n) is 5.48. The smallest absolute Gasteiger partial charge is 0.410 e. The van der Waals surface area contributed by atoms with Crippen molar-refractivity contribution in [3.05, 3.63) is 0 Å². The van der Waals surface area contributed by atoms with E-state index in [-0.39, 0.29) is 11.7 Å². The molecular formula is C11H18BrNO2. The number of hydrogen-bond donors (Lipinski definition) is 0. The second-order valence-corrected chi connectivity index (χ2v) is 6.16. The van der Waals surface area contributed by atoms with Crippen molar-refractivity contribution in [2.75, 3.05) is 11.9 Å². The molecule has 3 atom stereocenters. The summed E-state index contributed by atoms with van der Waals surface area (Å²) >= 11 is 3.48. The number of carbonyl (C=O) groups excluding carboxylic acids is 1. The number of piperidine rings is 1. The van der Waals surface area contributed by atoms with Crippen LogP contribution in [0.4, 0.5) is 4.79 Å². The molecule has 1 aliphatic carbocycles. The number of amides is 1. The number of nitrogens with zero attached hydrogens (tertiary/aromatic N) is 1. The van der Waals surface area contributed by atoms with E-state index in [1.807, 2.05) is 25.7 Å². The second kappa shape index (κ2) is 3.65. The molecule has 0 unspecified atom stereocenters. The summed E-state index contributed by atoms with van der Waals surface area (Å²) in [5, 5.41) is 0.868. The number of carbonyl (C=O) groups is 1. The number of likely N-dealkylation sites (tertiary alicyclic amines) is 1. The molecule has 2 aliphatic rings. The summed E-state index contributed by atoms with van der Waals surface area (Å²) in [5.41, 5.74) is -0.388. The van der Waals surface area contributed by atoms with Crippen molar-refractivity contribution in [1.29, 1.82) is 0 Å². The Morgan fingerprint density at radius 1 is 1.53 bits per heavy atom. The summed E-state index contributed by atoms with van der Waals surface area (Å²) in [4.78, 5) is 13.8. The van der Waals surface area contributed by atoms with Crippen LogP contribution in [0.25, 0.3) is 0 Å². The number of alkyl halides is 1. The lowest BCUT2D eigenvalue weighted by molar-refractivity contribution is 0.0212. The Bertz CT molecular complexity index is 274. The van der Waals surface area contributed by atoms with Crippen molar-refractivity contribution in [3.8, 4) is 0 Å². The molecule has 3 nitrogen and oxygen atoms in total. The Balaban J connectivity index is 1.96. The van der Waals surface area contributed by atoms with Crippen LogP contribution < -0.4 is 0 Å². The lowest BCUT2D eigenvalue weighted by atomic mass is 10.2. The van der Waals surface area contributed by atoms with E-state index >= 15 is 0 Å². The summed E-state index contributed by atoms with van der Waals surface area (Å²) in [6.07, 6.45) is 1.13. The molecule has 0 spiro atoms. The fourth-order valence-electron chi connectivity index (χ4n) is 2.30. The van der Waals surface area contributed by atoms with Gasteiger partial charge in [-0.3, -0.25) is 0 Å². The summed E-state index contributed by atoms with van der Waals surface area (Å²) in [6, 6.07) is 0.352. The Morgan fingerprint density at radius 2 is 2.20 bits per heavy atom. The van der Waals surface area contributed by atoms with Crippen molar-refractivity contribution in [2.24, 2.45) is 11.8 Å². The van der Waals surface area contributed by atoms with Crippen LogP contribution in [-0.4, -0.2) is 34.5 Å². The van der Waals surface area contributed by atoms with Gasteiger partial charge < -0.3 is 9.64 Å². The van der Waals surface area contributed by atoms with E-state index in [0.29, 0.717) is 6.04 Å². The minimum atomic E-state index is -0.388. The van der Waals surface area contributed by atoms with Gasteiger partial charge in [-0.25, -0.2) is 4.79 Å². The van der Waals surface area contributed by atoms with Gasteiger partial charge >= 0.3 is 6.09 Å². The molecule has 0 radical (unpaired) electrons. The average Bonchev–Trinajstić information content (AvgIpc) is 2.75. The zero-order chi connectivity index (χ0) is 11.2. The Morgan fingerprint density at radius 3 is 2.73 bits per heavy atom. The summed E-state index contributed by atoms with van der Waals surface area (Å²) in [6.45, 7) is 6.61. The van der Waals surface area contributed by atoms with E-state index in [1.165, 1.54) is 6.42 Å². The molecule has 1 amide bonds. The van der Waals surface area contributed by atoms with Crippen LogP contribution in [0.15, 0.2) is 0 Å². The Kier molecular flexibility index (Phi) is 2.73. The van der Waals surface area contributed by atoms with Gasteiger partial charge in [-0.2, -0.15) is 0 Å². The first kappa shape index (κ1) is 11.2. The maximum absolute atomic E-state index is 11.9. The monoisotopic (exact) mass is 275 g/mol. The standard InChI is InChI=1S/C11H18BrNO2/c1-11(2,3)15-10(14)13-6-7-4-8(7)9(13)5-12/h7-9H,4-6H2,1-3H3/t7-,8-,9+/m1/s1. The highest BCUT2D eigenvalue weighted by atomic mass is 79.9. The van der Waals surface area contributed by atoms with Gasteiger partial charge in [0.05, 0.1) is 0 Å². The van der Waals surface area contributed by atoms with Gasteiger partial charge in [0.25, 0.3) is 0 Å². The lowest BCUT2D eigenvalue weighted by Gasteiger charge is -2.29. The number of fused-ring (bicyclic) bond motifs is 1. The van der Waals surface area contributed by atoms with E-state index in [1.54, 1.807) is 0 Å². The zero-order valence-electron chi connectivity index (χ0n) is 9.50. The molecule has 0 aromatic carbocycles. The van der Waals surface area contributed by atoms with Gasteiger partial charge in [0.2, 0.25) is 0 Å². The van der Waals surface area contributed by atoms with E-state index in [4.69, 9.17) is 4.74 Å². The van der Waals surface area contributed by atoms with Gasteiger partial charge in [0, 0.05) is 17.9 Å². The maximum Gasteiger partial charge on any atom is 0.410 e. The Hall–Kier alpha value is -0.250. The molecule has 0 N–H and O–H groups in total. The highest BCUT2D eigenvalue weighted by Gasteiger charge is 2.54. The Labute approximate surface area is 99.3 Å². The van der Waals surface area contributed by atoms with Crippen molar-refractivity contribution in [1.82, 2.24) is 4.90 Å². The highest BCUT2D eigenvalue weighted by Crippen LogP contribution is 2.50. The molecule has 1 saturated carbocycles. The highest BCUT2D eigenvalue weighted by molar-refractivity contribution is 9.09. The molecule has 2 fully saturated rings. The lowest BCUT2D eigenvalue weighted by Crippen LogP contribution is -2.42. The van der Waals surface area contributed by atoms with Crippen LogP contribution in [0.5, 0.6) is 0 Å². The topological polar surface area (TPSA) is 29.5 Å². The fraction of sp³-hybridized carbons (Fsp3) is 0.909. The molecule has 1 heterocycles. The molecule has 86 valence electrons. The third-order valence-corrected chi connectivity index (χ3v) is 3.75. The quantitative estimate of drug-likeness (QED) is 0.689. The van der Waals surface area contributed by atoms with Gasteiger partial charge in [-0.05, 0) is 39.0 Å². The molecule has 0 aromatic heterocycles. The van der Waals surface area contributed by atoms with Crippen LogP contribution in [-0.2, 0) is 4.74 Å². The number of halogens is 1. The molecule has 1 aliphatic heterocycles. The van der Waals surface area contributed by atoms with E-state index in [0.717, 1.165) is 23.7 Å². The molecule has 1 saturated heterocycles. The van der Waals surface area contributed by atoms with Crippen molar-refractivity contribution >= 4 is 22.0 Å². The minimum Gasteiger partial charge on any atom is -0.444 e. The van der Waals surface area contributed by atoms with Crippen LogP contribution in [0.3, 0.4) is 0 Å². The largest absolute Gasteiger partial charge is 0.444 e. The van der Waals surface area contributed by atoms with Crippen LogP contribution >= 0.6 is 15.9 Å². The first-order valence-corrected chi connectivity index (χ1v) is 6.60. The third kappa shape index (κ3) is 2.30. The number of ether oxygens (including phenoxy) is 1. The SMILES string of the molecule is CC(C)(C)OC(=O)N1C[C@H]2C[C@H]2[C@@H]1CBr. The first-order chi connectivity index (χ1) is 6.92. The van der Waals surface area contributed by atoms with E-state index < -0.39 is 0 Å². The minimum absolute atomic E-state index is 0.154. The zero-order valence-corrected chi connectivity index (χ0v) is 11.1. The molecule has 0 aromatic rings. The van der Waals surface area contributed by atoms with Gasteiger partial charge in [0.1, 0.15) is 5.60 Å². The van der Waals surface area contributed by atoms with Crippen molar-refractivity contribution < 1.29 is 9.53 Å². The predicted molar refractivity (Wildman–Crippen MR) is 62.1 cm³/mol. The molecule has 4 heteroatoms. The summed E-state index contributed by atoms with van der Waals surface area (Å²) in [7, 11) is 0. The van der Waals surface area contributed by atoms with Crippen LogP contribution in [0, 0.1) is 11.8 Å². The second-order valence-electron chi connectivity index (χ2n) is 5.51. The summed E-state index contributed by atoms with van der Waals surface area (Å²) in [5.74, 6) is 1.46. The molecular weight excluding hydrogens is 258 g/mol. The van der Waals surface area contributed by atoms with Gasteiger partial charge in [-0.15, -0.1) is 0 Å². The van der Waals surface area contributed by atoms with Crippen molar-refractivity contribution in [3.63, 3.8) is 0 Å². The number of hydrogen-bond acceptors (Lipinski definition) is 2.